The zero-order valence-electron chi connectivity index (χ0n) is 14.9. The monoisotopic (exact) mass is 378 g/mol. The number of nitrogens with zero attached hydrogens (tertiary/aromatic N) is 1. The lowest BCUT2D eigenvalue weighted by atomic mass is 10.3. The predicted octanol–water partition coefficient (Wildman–Crippen LogP) is 2.35. The first-order chi connectivity index (χ1) is 12.3. The first kappa shape index (κ1) is 19.7. The Morgan fingerprint density at radius 3 is 2.35 bits per heavy atom. The maximum atomic E-state index is 12.1. The summed E-state index contributed by atoms with van der Waals surface area (Å²) < 4.78 is 35.9. The van der Waals surface area contributed by atoms with Crippen LogP contribution in [0.4, 0.5) is 5.69 Å². The summed E-state index contributed by atoms with van der Waals surface area (Å²) in [7, 11) is 0.946. The minimum absolute atomic E-state index is 0.120. The molecule has 0 heterocycles. The predicted molar refractivity (Wildman–Crippen MR) is 99.1 cm³/mol. The number of sulfonamides is 1. The molecule has 0 unspecified atom stereocenters. The second-order valence-electron chi connectivity index (χ2n) is 5.64. The first-order valence-corrected chi connectivity index (χ1v) is 9.36. The second-order valence-corrected chi connectivity index (χ2v) is 7.79. The van der Waals surface area contributed by atoms with Crippen molar-refractivity contribution in [3.63, 3.8) is 0 Å². The van der Waals surface area contributed by atoms with Crippen LogP contribution in [-0.2, 0) is 14.8 Å². The third kappa shape index (κ3) is 5.21. The van der Waals surface area contributed by atoms with Gasteiger partial charge in [-0.15, -0.1) is 0 Å². The molecule has 0 saturated heterocycles. The summed E-state index contributed by atoms with van der Waals surface area (Å²) in [6.45, 7) is 0.202. The molecule has 0 aliphatic carbocycles. The molecule has 8 heteroatoms. The van der Waals surface area contributed by atoms with E-state index in [4.69, 9.17) is 9.47 Å². The zero-order chi connectivity index (χ0) is 19.2. The highest BCUT2D eigenvalue weighted by Crippen LogP contribution is 2.19. The molecule has 26 heavy (non-hydrogen) atoms. The van der Waals surface area contributed by atoms with Crippen molar-refractivity contribution < 1.29 is 22.7 Å². The molecule has 1 amide bonds. The molecule has 140 valence electrons. The molecule has 0 aliphatic heterocycles. The van der Waals surface area contributed by atoms with Crippen LogP contribution in [0.2, 0.25) is 0 Å². The minimum Gasteiger partial charge on any atom is -0.497 e. The van der Waals surface area contributed by atoms with Crippen molar-refractivity contribution in [1.29, 1.82) is 0 Å². The number of hydrogen-bond acceptors (Lipinski definition) is 5. The van der Waals surface area contributed by atoms with Crippen LogP contribution in [0.5, 0.6) is 11.5 Å². The average molecular weight is 378 g/mol. The summed E-state index contributed by atoms with van der Waals surface area (Å²) in [6.07, 6.45) is 0.136. The summed E-state index contributed by atoms with van der Waals surface area (Å²) in [4.78, 5) is 12.1. The maximum Gasteiger partial charge on any atom is 0.242 e. The van der Waals surface area contributed by atoms with Gasteiger partial charge >= 0.3 is 0 Å². The zero-order valence-corrected chi connectivity index (χ0v) is 15.7. The van der Waals surface area contributed by atoms with Gasteiger partial charge in [-0.3, -0.25) is 4.79 Å². The molecular weight excluding hydrogens is 356 g/mol. The molecular formula is C18H22N2O5S. The van der Waals surface area contributed by atoms with Crippen LogP contribution in [0.1, 0.15) is 6.42 Å². The van der Waals surface area contributed by atoms with E-state index in [2.05, 4.69) is 5.32 Å². The van der Waals surface area contributed by atoms with E-state index in [1.54, 1.807) is 43.5 Å². The highest BCUT2D eigenvalue weighted by Gasteiger charge is 2.17. The van der Waals surface area contributed by atoms with E-state index in [1.807, 2.05) is 0 Å². The number of rotatable bonds is 8. The van der Waals surface area contributed by atoms with Crippen molar-refractivity contribution in [2.75, 3.05) is 33.1 Å². The van der Waals surface area contributed by atoms with Crippen LogP contribution in [0.25, 0.3) is 0 Å². The second kappa shape index (κ2) is 8.68. The largest absolute Gasteiger partial charge is 0.497 e. The Balaban J connectivity index is 1.89. The van der Waals surface area contributed by atoms with Gasteiger partial charge in [-0.25, -0.2) is 12.7 Å². The summed E-state index contributed by atoms with van der Waals surface area (Å²) in [5, 5.41) is 2.68. The Hall–Kier alpha value is -2.58. The van der Waals surface area contributed by atoms with Crippen molar-refractivity contribution in [3.8, 4) is 11.5 Å². The van der Waals surface area contributed by atoms with Crippen molar-refractivity contribution in [1.82, 2.24) is 4.31 Å². The molecule has 0 bridgehead atoms. The Kier molecular flexibility index (Phi) is 6.59. The maximum absolute atomic E-state index is 12.1. The average Bonchev–Trinajstić information content (AvgIpc) is 2.62. The van der Waals surface area contributed by atoms with Crippen LogP contribution in [0.15, 0.2) is 53.4 Å². The summed E-state index contributed by atoms with van der Waals surface area (Å²) in [6, 6.07) is 13.2. The van der Waals surface area contributed by atoms with Crippen molar-refractivity contribution in [2.45, 2.75) is 11.3 Å². The Bertz CT molecular complexity index is 848. The number of amides is 1. The summed E-state index contributed by atoms with van der Waals surface area (Å²) in [5.41, 5.74) is 0.419. The highest BCUT2D eigenvalue weighted by atomic mass is 32.2. The number of hydrogen-bond donors (Lipinski definition) is 1. The fourth-order valence-corrected chi connectivity index (χ4v) is 3.05. The molecule has 0 spiro atoms. The normalized spacial score (nSPS) is 11.2. The van der Waals surface area contributed by atoms with Gasteiger partial charge in [0.25, 0.3) is 0 Å². The topological polar surface area (TPSA) is 84.9 Å². The molecule has 0 radical (unpaired) electrons. The SMILES string of the molecule is COc1ccc(OCCC(=O)Nc2cccc(S(=O)(=O)N(C)C)c2)cc1. The lowest BCUT2D eigenvalue weighted by Gasteiger charge is -2.13. The van der Waals surface area contributed by atoms with E-state index >= 15 is 0 Å². The fraction of sp³-hybridized carbons (Fsp3) is 0.278. The van der Waals surface area contributed by atoms with E-state index < -0.39 is 10.0 Å². The molecule has 0 atom stereocenters. The van der Waals surface area contributed by atoms with Gasteiger partial charge in [-0.05, 0) is 42.5 Å². The van der Waals surface area contributed by atoms with Crippen LogP contribution in [0.3, 0.4) is 0 Å². The first-order valence-electron chi connectivity index (χ1n) is 7.92. The van der Waals surface area contributed by atoms with Gasteiger partial charge in [0.15, 0.2) is 0 Å². The van der Waals surface area contributed by atoms with Crippen molar-refractivity contribution in [2.24, 2.45) is 0 Å². The van der Waals surface area contributed by atoms with Gasteiger partial charge < -0.3 is 14.8 Å². The van der Waals surface area contributed by atoms with Crippen molar-refractivity contribution in [3.05, 3.63) is 48.5 Å². The van der Waals surface area contributed by atoms with Gasteiger partial charge in [-0.1, -0.05) is 6.07 Å². The third-order valence-corrected chi connectivity index (χ3v) is 5.36. The van der Waals surface area contributed by atoms with E-state index in [9.17, 15) is 13.2 Å². The van der Waals surface area contributed by atoms with E-state index in [1.165, 1.54) is 26.2 Å². The quantitative estimate of drug-likeness (QED) is 0.762. The summed E-state index contributed by atoms with van der Waals surface area (Å²) >= 11 is 0. The molecule has 2 aromatic rings. The Morgan fingerprint density at radius 2 is 1.73 bits per heavy atom. The number of nitrogens with one attached hydrogen (secondary N) is 1. The smallest absolute Gasteiger partial charge is 0.242 e. The number of methoxy groups -OCH3 is 1. The van der Waals surface area contributed by atoms with E-state index in [0.29, 0.717) is 11.4 Å². The van der Waals surface area contributed by atoms with E-state index in [0.717, 1.165) is 10.1 Å². The molecule has 0 fully saturated rings. The number of anilines is 1. The van der Waals surface area contributed by atoms with Gasteiger partial charge in [0.05, 0.1) is 25.0 Å². The molecule has 7 nitrogen and oxygen atoms in total. The van der Waals surface area contributed by atoms with Crippen molar-refractivity contribution >= 4 is 21.6 Å². The number of carbonyl (C=O) groups excluding carboxylic acids is 1. The fourth-order valence-electron chi connectivity index (χ4n) is 2.10. The Morgan fingerprint density at radius 1 is 1.08 bits per heavy atom. The number of ether oxygens (including phenoxy) is 2. The number of carbonyl (C=O) groups is 1. The standard InChI is InChI=1S/C18H22N2O5S/c1-20(2)26(22,23)17-6-4-5-14(13-17)19-18(21)11-12-25-16-9-7-15(24-3)8-10-16/h4-10,13H,11-12H2,1-3H3,(H,19,21). The molecule has 0 aromatic heterocycles. The minimum atomic E-state index is -3.55. The van der Waals surface area contributed by atoms with Gasteiger partial charge in [-0.2, -0.15) is 0 Å². The molecule has 0 saturated carbocycles. The number of benzene rings is 2. The van der Waals surface area contributed by atoms with Crippen LogP contribution >= 0.6 is 0 Å². The lowest BCUT2D eigenvalue weighted by molar-refractivity contribution is -0.116. The molecule has 2 rings (SSSR count). The van der Waals surface area contributed by atoms with Gasteiger partial charge in [0.2, 0.25) is 15.9 Å². The Labute approximate surface area is 153 Å². The molecule has 2 aromatic carbocycles. The van der Waals surface area contributed by atoms with Crippen LogP contribution < -0.4 is 14.8 Å². The van der Waals surface area contributed by atoms with E-state index in [-0.39, 0.29) is 23.8 Å². The van der Waals surface area contributed by atoms with Crippen LogP contribution in [-0.4, -0.2) is 46.4 Å². The van der Waals surface area contributed by atoms with Gasteiger partial charge in [0.1, 0.15) is 11.5 Å². The lowest BCUT2D eigenvalue weighted by Crippen LogP contribution is -2.22. The third-order valence-electron chi connectivity index (χ3n) is 3.55. The van der Waals surface area contributed by atoms with Crippen LogP contribution in [0, 0.1) is 0 Å². The molecule has 1 N–H and O–H groups in total. The van der Waals surface area contributed by atoms with Gasteiger partial charge in [0, 0.05) is 19.8 Å². The highest BCUT2D eigenvalue weighted by molar-refractivity contribution is 7.89. The molecule has 0 aliphatic rings. The summed E-state index contributed by atoms with van der Waals surface area (Å²) in [5.74, 6) is 1.10.